The lowest BCUT2D eigenvalue weighted by Crippen LogP contribution is -2.30. The predicted molar refractivity (Wildman–Crippen MR) is 73.7 cm³/mol. The fourth-order valence-corrected chi connectivity index (χ4v) is 2.31. The summed E-state index contributed by atoms with van der Waals surface area (Å²) >= 11 is 1.40. The number of thiazole rings is 1. The Morgan fingerprint density at radius 1 is 1.47 bits per heavy atom. The minimum atomic E-state index is -0.100. The minimum Gasteiger partial charge on any atom is -0.333 e. The van der Waals surface area contributed by atoms with Gasteiger partial charge in [0.2, 0.25) is 0 Å². The molecule has 2 rings (SSSR count). The summed E-state index contributed by atoms with van der Waals surface area (Å²) in [5.74, 6) is -0.100. The van der Waals surface area contributed by atoms with Gasteiger partial charge in [0.1, 0.15) is 5.69 Å². The van der Waals surface area contributed by atoms with Crippen LogP contribution in [0.15, 0.2) is 35.2 Å². The van der Waals surface area contributed by atoms with E-state index in [4.69, 9.17) is 5.26 Å². The molecular formula is C14H13N3OS. The number of carbonyl (C=O) groups excluding carboxylic acids is 1. The summed E-state index contributed by atoms with van der Waals surface area (Å²) in [6, 6.07) is 9.47. The van der Waals surface area contributed by atoms with E-state index in [0.29, 0.717) is 24.3 Å². The monoisotopic (exact) mass is 271 g/mol. The van der Waals surface area contributed by atoms with Gasteiger partial charge < -0.3 is 4.90 Å². The molecule has 96 valence electrons. The van der Waals surface area contributed by atoms with Crippen LogP contribution in [0, 0.1) is 11.3 Å². The molecule has 0 aliphatic heterocycles. The maximum Gasteiger partial charge on any atom is 0.273 e. The lowest BCUT2D eigenvalue weighted by Gasteiger charge is -2.20. The van der Waals surface area contributed by atoms with Gasteiger partial charge in [0, 0.05) is 18.5 Å². The maximum atomic E-state index is 12.2. The van der Waals surface area contributed by atoms with Crippen LogP contribution in [-0.4, -0.2) is 22.3 Å². The lowest BCUT2D eigenvalue weighted by atomic mass is 10.1. The van der Waals surface area contributed by atoms with Crippen LogP contribution in [-0.2, 0) is 6.54 Å². The number of nitriles is 1. The molecule has 0 bridgehead atoms. The van der Waals surface area contributed by atoms with Crippen molar-refractivity contribution in [3.8, 4) is 6.07 Å². The van der Waals surface area contributed by atoms with Crippen molar-refractivity contribution in [1.82, 2.24) is 9.88 Å². The van der Waals surface area contributed by atoms with Gasteiger partial charge in [-0.1, -0.05) is 18.2 Å². The van der Waals surface area contributed by atoms with E-state index >= 15 is 0 Å². The van der Waals surface area contributed by atoms with E-state index in [1.165, 1.54) is 11.3 Å². The minimum absolute atomic E-state index is 0.100. The Balaban J connectivity index is 2.20. The number of hydrogen-bond donors (Lipinski definition) is 0. The van der Waals surface area contributed by atoms with E-state index < -0.39 is 0 Å². The molecule has 0 saturated heterocycles. The molecule has 0 spiro atoms. The molecule has 2 aromatic rings. The fourth-order valence-electron chi connectivity index (χ4n) is 1.78. The summed E-state index contributed by atoms with van der Waals surface area (Å²) in [4.78, 5) is 17.9. The third kappa shape index (κ3) is 2.98. The molecule has 19 heavy (non-hydrogen) atoms. The molecule has 1 aromatic heterocycles. The first-order chi connectivity index (χ1) is 9.26. The highest BCUT2D eigenvalue weighted by atomic mass is 32.1. The SMILES string of the molecule is CCN(Cc1ccccc1C#N)C(=O)c1cscn1. The normalized spacial score (nSPS) is 9.89. The van der Waals surface area contributed by atoms with E-state index in [9.17, 15) is 4.79 Å². The Morgan fingerprint density at radius 2 is 2.26 bits per heavy atom. The average molecular weight is 271 g/mol. The molecule has 4 nitrogen and oxygen atoms in total. The van der Waals surface area contributed by atoms with Crippen LogP contribution in [0.2, 0.25) is 0 Å². The molecule has 0 saturated carbocycles. The number of benzene rings is 1. The van der Waals surface area contributed by atoms with Crippen molar-refractivity contribution in [2.75, 3.05) is 6.54 Å². The Hall–Kier alpha value is -2.19. The molecular weight excluding hydrogens is 258 g/mol. The number of nitrogens with zero attached hydrogens (tertiary/aromatic N) is 3. The Labute approximate surface area is 115 Å². The van der Waals surface area contributed by atoms with Crippen molar-refractivity contribution >= 4 is 17.2 Å². The molecule has 1 amide bonds. The maximum absolute atomic E-state index is 12.2. The third-order valence-corrected chi connectivity index (χ3v) is 3.41. The molecule has 0 atom stereocenters. The number of carbonyl (C=O) groups is 1. The Bertz CT molecular complexity index is 601. The van der Waals surface area contributed by atoms with Crippen molar-refractivity contribution in [2.45, 2.75) is 13.5 Å². The zero-order valence-electron chi connectivity index (χ0n) is 10.5. The van der Waals surface area contributed by atoms with Crippen molar-refractivity contribution in [3.63, 3.8) is 0 Å². The molecule has 0 N–H and O–H groups in total. The smallest absolute Gasteiger partial charge is 0.273 e. The summed E-state index contributed by atoms with van der Waals surface area (Å²) in [5, 5.41) is 10.8. The van der Waals surface area contributed by atoms with Crippen LogP contribution in [0.5, 0.6) is 0 Å². The standard InChI is InChI=1S/C14H13N3OS/c1-2-17(14(18)13-9-19-10-16-13)8-12-6-4-3-5-11(12)7-15/h3-6,9-10H,2,8H2,1H3. The highest BCUT2D eigenvalue weighted by molar-refractivity contribution is 7.07. The molecule has 0 aliphatic carbocycles. The highest BCUT2D eigenvalue weighted by Crippen LogP contribution is 2.13. The number of rotatable bonds is 4. The number of aromatic nitrogens is 1. The van der Waals surface area contributed by atoms with E-state index in [2.05, 4.69) is 11.1 Å². The Kier molecular flexibility index (Phi) is 4.26. The molecule has 0 radical (unpaired) electrons. The van der Waals surface area contributed by atoms with Crippen molar-refractivity contribution < 1.29 is 4.79 Å². The van der Waals surface area contributed by atoms with Gasteiger partial charge in [-0.3, -0.25) is 4.79 Å². The van der Waals surface area contributed by atoms with Crippen LogP contribution in [0.25, 0.3) is 0 Å². The summed E-state index contributed by atoms with van der Waals surface area (Å²) in [5.41, 5.74) is 3.56. The van der Waals surface area contributed by atoms with Gasteiger partial charge in [-0.15, -0.1) is 11.3 Å². The van der Waals surface area contributed by atoms with Crippen molar-refractivity contribution in [3.05, 3.63) is 52.0 Å². The van der Waals surface area contributed by atoms with Gasteiger partial charge in [0.05, 0.1) is 17.1 Å². The third-order valence-electron chi connectivity index (χ3n) is 2.82. The first-order valence-electron chi connectivity index (χ1n) is 5.91. The second-order valence-corrected chi connectivity index (χ2v) is 4.68. The fraction of sp³-hybridized carbons (Fsp3) is 0.214. The zero-order chi connectivity index (χ0) is 13.7. The van der Waals surface area contributed by atoms with Gasteiger partial charge in [0.15, 0.2) is 0 Å². The van der Waals surface area contributed by atoms with Crippen molar-refractivity contribution in [1.29, 1.82) is 5.26 Å². The highest BCUT2D eigenvalue weighted by Gasteiger charge is 2.17. The molecule has 0 aliphatic rings. The summed E-state index contributed by atoms with van der Waals surface area (Å²) in [6.07, 6.45) is 0. The number of hydrogen-bond acceptors (Lipinski definition) is 4. The van der Waals surface area contributed by atoms with Gasteiger partial charge >= 0.3 is 0 Å². The van der Waals surface area contributed by atoms with E-state index in [1.807, 2.05) is 25.1 Å². The zero-order valence-corrected chi connectivity index (χ0v) is 11.4. The first kappa shape index (κ1) is 13.2. The summed E-state index contributed by atoms with van der Waals surface area (Å²) < 4.78 is 0. The second-order valence-electron chi connectivity index (χ2n) is 3.96. The van der Waals surface area contributed by atoms with Crippen LogP contribution in [0.1, 0.15) is 28.5 Å². The Morgan fingerprint density at radius 3 is 2.89 bits per heavy atom. The summed E-state index contributed by atoms with van der Waals surface area (Å²) in [7, 11) is 0. The average Bonchev–Trinajstić information content (AvgIpc) is 2.98. The first-order valence-corrected chi connectivity index (χ1v) is 6.86. The molecule has 5 heteroatoms. The van der Waals surface area contributed by atoms with Crippen molar-refractivity contribution in [2.24, 2.45) is 0 Å². The number of amides is 1. The van der Waals surface area contributed by atoms with Crippen LogP contribution in [0.4, 0.5) is 0 Å². The molecule has 0 unspecified atom stereocenters. The van der Waals surface area contributed by atoms with Crippen LogP contribution < -0.4 is 0 Å². The van der Waals surface area contributed by atoms with Gasteiger partial charge in [-0.25, -0.2) is 4.98 Å². The van der Waals surface area contributed by atoms with E-state index in [1.54, 1.807) is 21.9 Å². The lowest BCUT2D eigenvalue weighted by molar-refractivity contribution is 0.0747. The van der Waals surface area contributed by atoms with E-state index in [0.717, 1.165) is 5.56 Å². The topological polar surface area (TPSA) is 57.0 Å². The molecule has 1 aromatic carbocycles. The predicted octanol–water partition coefficient (Wildman–Crippen LogP) is 2.68. The van der Waals surface area contributed by atoms with Crippen LogP contribution >= 0.6 is 11.3 Å². The summed E-state index contributed by atoms with van der Waals surface area (Å²) in [6.45, 7) is 2.92. The van der Waals surface area contributed by atoms with E-state index in [-0.39, 0.29) is 5.91 Å². The molecule has 1 heterocycles. The largest absolute Gasteiger partial charge is 0.333 e. The van der Waals surface area contributed by atoms with Gasteiger partial charge in [-0.05, 0) is 18.6 Å². The second kappa shape index (κ2) is 6.12. The quantitative estimate of drug-likeness (QED) is 0.859. The van der Waals surface area contributed by atoms with Gasteiger partial charge in [-0.2, -0.15) is 5.26 Å². The molecule has 0 fully saturated rings. The van der Waals surface area contributed by atoms with Crippen LogP contribution in [0.3, 0.4) is 0 Å². The van der Waals surface area contributed by atoms with Gasteiger partial charge in [0.25, 0.3) is 5.91 Å².